The number of benzene rings is 1. The summed E-state index contributed by atoms with van der Waals surface area (Å²) >= 11 is 0. The van der Waals surface area contributed by atoms with Crippen LogP contribution in [-0.2, 0) is 6.54 Å². The zero-order valence-electron chi connectivity index (χ0n) is 12.8. The Balaban J connectivity index is 1.94. The topological polar surface area (TPSA) is 21.3 Å². The van der Waals surface area contributed by atoms with Gasteiger partial charge in [-0.25, -0.2) is 0 Å². The number of nitrogens with one attached hydrogen (secondary N) is 1. The minimum absolute atomic E-state index is 0.523. The average Bonchev–Trinajstić information content (AvgIpc) is 3.14. The molecule has 1 aliphatic carbocycles. The van der Waals surface area contributed by atoms with E-state index in [0.29, 0.717) is 6.04 Å². The zero-order valence-corrected chi connectivity index (χ0v) is 12.8. The Bertz CT molecular complexity index is 398. The third kappa shape index (κ3) is 4.54. The van der Waals surface area contributed by atoms with E-state index in [1.807, 2.05) is 0 Å². The summed E-state index contributed by atoms with van der Waals surface area (Å²) in [5, 5.41) is 3.46. The second-order valence-corrected chi connectivity index (χ2v) is 6.17. The lowest BCUT2D eigenvalue weighted by molar-refractivity contribution is 0.298. The molecule has 1 fully saturated rings. The number of aryl methyl sites for hydroxylation is 2. The first-order valence-electron chi connectivity index (χ1n) is 7.52. The van der Waals surface area contributed by atoms with Crippen LogP contribution in [0.5, 0.6) is 5.75 Å². The molecule has 1 aromatic rings. The summed E-state index contributed by atoms with van der Waals surface area (Å²) in [6, 6.07) is 5.01. The van der Waals surface area contributed by atoms with Crippen LogP contribution in [0.3, 0.4) is 0 Å². The summed E-state index contributed by atoms with van der Waals surface area (Å²) in [4.78, 5) is 0. The molecule has 0 amide bonds. The van der Waals surface area contributed by atoms with Crippen molar-refractivity contribution in [3.8, 4) is 5.75 Å². The summed E-state index contributed by atoms with van der Waals surface area (Å²) in [6.45, 7) is 10.5. The standard InChI is InChI=1S/C17H27NO/c1-12(2)18-11-16-9-13(3)17(14(4)10-16)19-8-7-15-5-6-15/h9-10,12,15,18H,5-8,11H2,1-4H3. The normalized spacial score (nSPS) is 15.0. The SMILES string of the molecule is Cc1cc(CNC(C)C)cc(C)c1OCCC1CC1. The second kappa shape index (κ2) is 6.42. The van der Waals surface area contributed by atoms with Crippen LogP contribution in [0.2, 0.25) is 0 Å². The Morgan fingerprint density at radius 2 is 1.84 bits per heavy atom. The second-order valence-electron chi connectivity index (χ2n) is 6.17. The summed E-state index contributed by atoms with van der Waals surface area (Å²) < 4.78 is 5.98. The maximum atomic E-state index is 5.98. The quantitative estimate of drug-likeness (QED) is 0.801. The zero-order chi connectivity index (χ0) is 13.8. The maximum Gasteiger partial charge on any atom is 0.125 e. The van der Waals surface area contributed by atoms with Crippen molar-refractivity contribution in [1.29, 1.82) is 0 Å². The largest absolute Gasteiger partial charge is 0.493 e. The molecule has 0 atom stereocenters. The highest BCUT2D eigenvalue weighted by atomic mass is 16.5. The number of hydrogen-bond acceptors (Lipinski definition) is 2. The van der Waals surface area contributed by atoms with Crippen LogP contribution >= 0.6 is 0 Å². The molecule has 1 saturated carbocycles. The minimum atomic E-state index is 0.523. The third-order valence-electron chi connectivity index (χ3n) is 3.70. The van der Waals surface area contributed by atoms with E-state index in [1.54, 1.807) is 0 Å². The molecule has 2 heteroatoms. The van der Waals surface area contributed by atoms with Crippen molar-refractivity contribution in [2.75, 3.05) is 6.61 Å². The molecule has 0 aliphatic heterocycles. The van der Waals surface area contributed by atoms with Gasteiger partial charge in [0.05, 0.1) is 6.61 Å². The van der Waals surface area contributed by atoms with Gasteiger partial charge in [-0.2, -0.15) is 0 Å². The van der Waals surface area contributed by atoms with Crippen LogP contribution in [0.1, 0.15) is 49.8 Å². The lowest BCUT2D eigenvalue weighted by Crippen LogP contribution is -2.21. The first-order valence-corrected chi connectivity index (χ1v) is 7.52. The van der Waals surface area contributed by atoms with Crippen molar-refractivity contribution in [2.24, 2.45) is 5.92 Å². The fraction of sp³-hybridized carbons (Fsp3) is 0.647. The lowest BCUT2D eigenvalue weighted by Gasteiger charge is -2.15. The molecule has 1 aliphatic rings. The van der Waals surface area contributed by atoms with Gasteiger partial charge in [-0.3, -0.25) is 0 Å². The van der Waals surface area contributed by atoms with E-state index in [0.717, 1.165) is 24.8 Å². The Morgan fingerprint density at radius 3 is 2.37 bits per heavy atom. The Labute approximate surface area is 117 Å². The molecule has 0 aromatic heterocycles. The van der Waals surface area contributed by atoms with Crippen LogP contribution < -0.4 is 10.1 Å². The molecule has 1 aromatic carbocycles. The highest BCUT2D eigenvalue weighted by Crippen LogP contribution is 2.33. The Morgan fingerprint density at radius 1 is 1.21 bits per heavy atom. The number of hydrogen-bond donors (Lipinski definition) is 1. The van der Waals surface area contributed by atoms with Gasteiger partial charge in [-0.15, -0.1) is 0 Å². The summed E-state index contributed by atoms with van der Waals surface area (Å²) in [5.74, 6) is 2.03. The van der Waals surface area contributed by atoms with Crippen molar-refractivity contribution in [3.05, 3.63) is 28.8 Å². The van der Waals surface area contributed by atoms with Crippen molar-refractivity contribution >= 4 is 0 Å². The van der Waals surface area contributed by atoms with Gasteiger partial charge in [-0.1, -0.05) is 38.8 Å². The van der Waals surface area contributed by atoms with Gasteiger partial charge in [0, 0.05) is 12.6 Å². The molecule has 0 bridgehead atoms. The fourth-order valence-electron chi connectivity index (χ4n) is 2.43. The van der Waals surface area contributed by atoms with Gasteiger partial charge in [0.1, 0.15) is 5.75 Å². The summed E-state index contributed by atoms with van der Waals surface area (Å²) in [5.41, 5.74) is 3.87. The van der Waals surface area contributed by atoms with E-state index in [9.17, 15) is 0 Å². The first kappa shape index (κ1) is 14.4. The predicted octanol–water partition coefficient (Wildman–Crippen LogP) is 3.98. The summed E-state index contributed by atoms with van der Waals surface area (Å²) in [7, 11) is 0. The van der Waals surface area contributed by atoms with Crippen LogP contribution in [0, 0.1) is 19.8 Å². The lowest BCUT2D eigenvalue weighted by atomic mass is 10.1. The van der Waals surface area contributed by atoms with Gasteiger partial charge >= 0.3 is 0 Å². The molecule has 2 rings (SSSR count). The van der Waals surface area contributed by atoms with Crippen molar-refractivity contribution in [1.82, 2.24) is 5.32 Å². The van der Waals surface area contributed by atoms with Gasteiger partial charge in [0.2, 0.25) is 0 Å². The van der Waals surface area contributed by atoms with Crippen LogP contribution in [0.4, 0.5) is 0 Å². The monoisotopic (exact) mass is 261 g/mol. The average molecular weight is 261 g/mol. The molecule has 0 unspecified atom stereocenters. The van der Waals surface area contributed by atoms with E-state index < -0.39 is 0 Å². The van der Waals surface area contributed by atoms with Gasteiger partial charge < -0.3 is 10.1 Å². The Hall–Kier alpha value is -1.02. The highest BCUT2D eigenvalue weighted by molar-refractivity contribution is 5.43. The van der Waals surface area contributed by atoms with E-state index in [4.69, 9.17) is 4.74 Å². The number of rotatable bonds is 7. The first-order chi connectivity index (χ1) is 9.06. The minimum Gasteiger partial charge on any atom is -0.493 e. The van der Waals surface area contributed by atoms with Crippen molar-refractivity contribution < 1.29 is 4.74 Å². The molecular formula is C17H27NO. The van der Waals surface area contributed by atoms with E-state index in [2.05, 4.69) is 45.1 Å². The maximum absolute atomic E-state index is 5.98. The molecule has 0 radical (unpaired) electrons. The van der Waals surface area contributed by atoms with Gasteiger partial charge in [0.25, 0.3) is 0 Å². The molecule has 106 valence electrons. The van der Waals surface area contributed by atoms with Crippen LogP contribution in [-0.4, -0.2) is 12.6 Å². The smallest absolute Gasteiger partial charge is 0.125 e. The highest BCUT2D eigenvalue weighted by Gasteiger charge is 2.21. The fourth-order valence-corrected chi connectivity index (χ4v) is 2.43. The van der Waals surface area contributed by atoms with Crippen LogP contribution in [0.15, 0.2) is 12.1 Å². The van der Waals surface area contributed by atoms with E-state index >= 15 is 0 Å². The molecule has 0 spiro atoms. The van der Waals surface area contributed by atoms with E-state index in [-0.39, 0.29) is 0 Å². The molecule has 19 heavy (non-hydrogen) atoms. The van der Waals surface area contributed by atoms with Gasteiger partial charge in [0.15, 0.2) is 0 Å². The predicted molar refractivity (Wildman–Crippen MR) is 80.7 cm³/mol. The van der Waals surface area contributed by atoms with E-state index in [1.165, 1.54) is 36.0 Å². The molecule has 1 N–H and O–H groups in total. The van der Waals surface area contributed by atoms with Crippen molar-refractivity contribution in [3.63, 3.8) is 0 Å². The van der Waals surface area contributed by atoms with Gasteiger partial charge in [-0.05, 0) is 42.9 Å². The van der Waals surface area contributed by atoms with Crippen molar-refractivity contribution in [2.45, 2.75) is 59.5 Å². The summed E-state index contributed by atoms with van der Waals surface area (Å²) in [6.07, 6.45) is 4.03. The third-order valence-corrected chi connectivity index (χ3v) is 3.70. The Kier molecular flexibility index (Phi) is 4.87. The molecule has 0 heterocycles. The molecular weight excluding hydrogens is 234 g/mol. The number of ether oxygens (including phenoxy) is 1. The van der Waals surface area contributed by atoms with Crippen LogP contribution in [0.25, 0.3) is 0 Å². The molecule has 2 nitrogen and oxygen atoms in total. The molecule has 0 saturated heterocycles.